The number of aromatic nitrogens is 1. The lowest BCUT2D eigenvalue weighted by molar-refractivity contribution is -0.665. The van der Waals surface area contributed by atoms with Crippen molar-refractivity contribution in [2.24, 2.45) is 7.05 Å². The van der Waals surface area contributed by atoms with Crippen molar-refractivity contribution >= 4 is 10.8 Å². The lowest BCUT2D eigenvalue weighted by Gasteiger charge is -2.17. The van der Waals surface area contributed by atoms with Crippen LogP contribution in [-0.2, 0) is 7.05 Å². The molecule has 4 rings (SSSR count). The SMILES string of the molecule is Cc1ccc2c(-c3cc(C4CCCC4)cc(C)c3C)[n+](C)c(C)cc2c1. The molecule has 1 aromatic heterocycles. The summed E-state index contributed by atoms with van der Waals surface area (Å²) in [5.41, 5.74) is 9.78. The molecule has 0 unspecified atom stereocenters. The molecular formula is C25H30N+. The fourth-order valence-corrected chi connectivity index (χ4v) is 4.65. The molecule has 3 aromatic rings. The quantitative estimate of drug-likeness (QED) is 0.486. The van der Waals surface area contributed by atoms with Crippen LogP contribution in [0.5, 0.6) is 0 Å². The molecule has 26 heavy (non-hydrogen) atoms. The number of nitrogens with zero attached hydrogens (tertiary/aromatic N) is 1. The van der Waals surface area contributed by atoms with Crippen LogP contribution in [0.4, 0.5) is 0 Å². The highest BCUT2D eigenvalue weighted by Crippen LogP contribution is 2.38. The van der Waals surface area contributed by atoms with Crippen molar-refractivity contribution in [2.75, 3.05) is 0 Å². The summed E-state index contributed by atoms with van der Waals surface area (Å²) < 4.78 is 2.37. The third-order valence-corrected chi connectivity index (χ3v) is 6.46. The number of hydrogen-bond acceptors (Lipinski definition) is 0. The van der Waals surface area contributed by atoms with Crippen LogP contribution >= 0.6 is 0 Å². The van der Waals surface area contributed by atoms with E-state index in [1.807, 2.05) is 0 Å². The first kappa shape index (κ1) is 17.3. The van der Waals surface area contributed by atoms with Gasteiger partial charge in [0.2, 0.25) is 5.69 Å². The van der Waals surface area contributed by atoms with Gasteiger partial charge in [-0.1, -0.05) is 36.6 Å². The Bertz CT molecular complexity index is 991. The van der Waals surface area contributed by atoms with E-state index in [0.29, 0.717) is 0 Å². The monoisotopic (exact) mass is 344 g/mol. The van der Waals surface area contributed by atoms with Gasteiger partial charge in [0.05, 0.1) is 10.9 Å². The van der Waals surface area contributed by atoms with E-state index in [2.05, 4.69) is 75.7 Å². The zero-order valence-corrected chi connectivity index (χ0v) is 16.8. The van der Waals surface area contributed by atoms with Crippen molar-refractivity contribution in [3.05, 3.63) is 64.3 Å². The van der Waals surface area contributed by atoms with Gasteiger partial charge in [0, 0.05) is 13.0 Å². The van der Waals surface area contributed by atoms with Gasteiger partial charge >= 0.3 is 0 Å². The molecule has 0 aliphatic heterocycles. The number of hydrogen-bond donors (Lipinski definition) is 0. The van der Waals surface area contributed by atoms with Gasteiger partial charge in [0.1, 0.15) is 7.05 Å². The fourth-order valence-electron chi connectivity index (χ4n) is 4.65. The number of aryl methyl sites for hydroxylation is 3. The molecule has 0 radical (unpaired) electrons. The van der Waals surface area contributed by atoms with Crippen molar-refractivity contribution in [3.8, 4) is 11.3 Å². The Morgan fingerprint density at radius 3 is 2.35 bits per heavy atom. The summed E-state index contributed by atoms with van der Waals surface area (Å²) in [5.74, 6) is 0.747. The van der Waals surface area contributed by atoms with Gasteiger partial charge in [0.15, 0.2) is 5.69 Å². The van der Waals surface area contributed by atoms with Gasteiger partial charge in [0.25, 0.3) is 0 Å². The summed E-state index contributed by atoms with van der Waals surface area (Å²) in [7, 11) is 2.21. The number of pyridine rings is 1. The van der Waals surface area contributed by atoms with Crippen LogP contribution in [0, 0.1) is 27.7 Å². The smallest absolute Gasteiger partial charge is 0.198 e. The molecule has 0 atom stereocenters. The first-order chi connectivity index (χ1) is 12.5. The predicted molar refractivity (Wildman–Crippen MR) is 111 cm³/mol. The standard InChI is InChI=1S/C25H30N/c1-16-10-11-23-22(12-16)14-18(3)26(5)25(23)24-15-21(13-17(2)19(24)4)20-8-6-7-9-20/h10-15,20H,6-9H2,1-5H3/q+1. The van der Waals surface area contributed by atoms with Crippen LogP contribution < -0.4 is 4.57 Å². The van der Waals surface area contributed by atoms with Crippen molar-refractivity contribution in [1.82, 2.24) is 0 Å². The highest BCUT2D eigenvalue weighted by molar-refractivity contribution is 5.94. The van der Waals surface area contributed by atoms with Gasteiger partial charge in [-0.15, -0.1) is 0 Å². The van der Waals surface area contributed by atoms with Gasteiger partial charge in [-0.25, -0.2) is 0 Å². The molecule has 1 aliphatic carbocycles. The van der Waals surface area contributed by atoms with Crippen molar-refractivity contribution in [2.45, 2.75) is 59.3 Å². The fraction of sp³-hybridized carbons (Fsp3) is 0.400. The first-order valence-electron chi connectivity index (χ1n) is 9.97. The largest absolute Gasteiger partial charge is 0.220 e. The van der Waals surface area contributed by atoms with Crippen LogP contribution in [0.1, 0.15) is 59.5 Å². The van der Waals surface area contributed by atoms with Gasteiger partial charge in [-0.3, -0.25) is 0 Å². The predicted octanol–water partition coefficient (Wildman–Crippen LogP) is 6.22. The molecule has 134 valence electrons. The normalized spacial score (nSPS) is 15.1. The second-order valence-corrected chi connectivity index (χ2v) is 8.28. The second kappa shape index (κ2) is 6.54. The summed E-state index contributed by atoms with van der Waals surface area (Å²) in [5, 5.41) is 2.70. The molecule has 0 saturated heterocycles. The van der Waals surface area contributed by atoms with Crippen LogP contribution in [-0.4, -0.2) is 0 Å². The van der Waals surface area contributed by atoms with Crippen LogP contribution in [0.25, 0.3) is 22.0 Å². The summed E-state index contributed by atoms with van der Waals surface area (Å²) in [6, 6.07) is 14.1. The minimum Gasteiger partial charge on any atom is -0.198 e. The zero-order valence-electron chi connectivity index (χ0n) is 16.8. The summed E-state index contributed by atoms with van der Waals surface area (Å²) in [6.45, 7) is 8.96. The van der Waals surface area contributed by atoms with Crippen molar-refractivity contribution < 1.29 is 4.57 Å². The van der Waals surface area contributed by atoms with E-state index in [-0.39, 0.29) is 0 Å². The molecule has 0 N–H and O–H groups in total. The molecule has 1 saturated carbocycles. The molecule has 0 bridgehead atoms. The van der Waals surface area contributed by atoms with Crippen LogP contribution in [0.2, 0.25) is 0 Å². The Morgan fingerprint density at radius 2 is 1.62 bits per heavy atom. The topological polar surface area (TPSA) is 3.88 Å². The molecular weight excluding hydrogens is 314 g/mol. The van der Waals surface area contributed by atoms with E-state index in [1.54, 1.807) is 5.56 Å². The maximum atomic E-state index is 2.49. The molecule has 1 aliphatic rings. The summed E-state index contributed by atoms with van der Waals surface area (Å²) in [4.78, 5) is 0. The molecule has 2 aromatic carbocycles. The lowest BCUT2D eigenvalue weighted by atomic mass is 9.88. The molecule has 1 nitrogen and oxygen atoms in total. The minimum atomic E-state index is 0.747. The Labute approximate surface area is 157 Å². The highest BCUT2D eigenvalue weighted by atomic mass is 14.9. The maximum absolute atomic E-state index is 2.49. The van der Waals surface area contributed by atoms with Crippen molar-refractivity contribution in [1.29, 1.82) is 0 Å². The van der Waals surface area contributed by atoms with Gasteiger partial charge < -0.3 is 0 Å². The van der Waals surface area contributed by atoms with E-state index in [9.17, 15) is 0 Å². The van der Waals surface area contributed by atoms with Crippen LogP contribution in [0.3, 0.4) is 0 Å². The molecule has 1 heteroatoms. The Hall–Kier alpha value is -2.15. The zero-order chi connectivity index (χ0) is 18.4. The Kier molecular flexibility index (Phi) is 4.34. The van der Waals surface area contributed by atoms with E-state index >= 15 is 0 Å². The number of rotatable bonds is 2. The maximum Gasteiger partial charge on any atom is 0.220 e. The molecule has 0 spiro atoms. The van der Waals surface area contributed by atoms with Gasteiger partial charge in [-0.2, -0.15) is 4.57 Å². The number of fused-ring (bicyclic) bond motifs is 1. The highest BCUT2D eigenvalue weighted by Gasteiger charge is 2.24. The second-order valence-electron chi connectivity index (χ2n) is 8.28. The average molecular weight is 345 g/mol. The van der Waals surface area contributed by atoms with Gasteiger partial charge in [-0.05, 0) is 73.7 Å². The number of benzene rings is 2. The summed E-state index contributed by atoms with van der Waals surface area (Å²) in [6.07, 6.45) is 5.46. The Balaban J connectivity index is 2.02. The van der Waals surface area contributed by atoms with E-state index in [1.165, 1.54) is 70.1 Å². The molecule has 1 heterocycles. The average Bonchev–Trinajstić information content (AvgIpc) is 3.14. The Morgan fingerprint density at radius 1 is 0.885 bits per heavy atom. The van der Waals surface area contributed by atoms with E-state index in [4.69, 9.17) is 0 Å². The lowest BCUT2D eigenvalue weighted by Crippen LogP contribution is -2.35. The van der Waals surface area contributed by atoms with E-state index < -0.39 is 0 Å². The van der Waals surface area contributed by atoms with Crippen molar-refractivity contribution in [3.63, 3.8) is 0 Å². The molecule has 1 fully saturated rings. The minimum absolute atomic E-state index is 0.747. The third-order valence-electron chi connectivity index (χ3n) is 6.46. The molecule has 0 amide bonds. The van der Waals surface area contributed by atoms with Crippen LogP contribution in [0.15, 0.2) is 36.4 Å². The first-order valence-corrected chi connectivity index (χ1v) is 9.97. The third kappa shape index (κ3) is 2.84. The van der Waals surface area contributed by atoms with E-state index in [0.717, 1.165) is 5.92 Å². The summed E-state index contributed by atoms with van der Waals surface area (Å²) >= 11 is 0.